The molecule has 0 spiro atoms. The molecule has 0 bridgehead atoms. The second kappa shape index (κ2) is 10.3. The second-order valence-electron chi connectivity index (χ2n) is 7.17. The number of hydrogen-bond acceptors (Lipinski definition) is 5. The van der Waals surface area contributed by atoms with Crippen LogP contribution in [0.15, 0.2) is 59.8 Å². The fourth-order valence-electron chi connectivity index (χ4n) is 3.50. The maximum atomic E-state index is 13.0. The number of carbonyl (C=O) groups is 2. The van der Waals surface area contributed by atoms with Crippen molar-refractivity contribution >= 4 is 21.8 Å². The van der Waals surface area contributed by atoms with Crippen molar-refractivity contribution < 1.29 is 18.0 Å². The van der Waals surface area contributed by atoms with Gasteiger partial charge in [-0.2, -0.15) is 4.31 Å². The van der Waals surface area contributed by atoms with Crippen LogP contribution in [0.25, 0.3) is 0 Å². The molecule has 1 atom stereocenters. The van der Waals surface area contributed by atoms with Crippen LogP contribution in [0.4, 0.5) is 0 Å². The average molecular weight is 431 g/mol. The summed E-state index contributed by atoms with van der Waals surface area (Å²) in [5.41, 5.74) is 0.794. The Labute approximate surface area is 176 Å². The fraction of sp³-hybridized carbons (Fsp3) is 0.381. The van der Waals surface area contributed by atoms with Crippen molar-refractivity contribution in [1.82, 2.24) is 19.9 Å². The Morgan fingerprint density at radius 3 is 2.53 bits per heavy atom. The summed E-state index contributed by atoms with van der Waals surface area (Å²) in [5, 5.41) is 5.13. The van der Waals surface area contributed by atoms with E-state index >= 15 is 0 Å². The smallest absolute Gasteiger partial charge is 0.309 e. The quantitative estimate of drug-likeness (QED) is 0.647. The van der Waals surface area contributed by atoms with E-state index in [1.807, 2.05) is 0 Å². The van der Waals surface area contributed by atoms with Crippen molar-refractivity contribution in [3.8, 4) is 0 Å². The Bertz CT molecular complexity index is 951. The van der Waals surface area contributed by atoms with Crippen LogP contribution in [0.5, 0.6) is 0 Å². The number of nitrogens with zero attached hydrogens (tertiary/aromatic N) is 2. The van der Waals surface area contributed by atoms with E-state index in [1.165, 1.54) is 4.31 Å². The zero-order valence-corrected chi connectivity index (χ0v) is 17.5. The number of hydrogen-bond donors (Lipinski definition) is 2. The van der Waals surface area contributed by atoms with Crippen LogP contribution in [-0.2, 0) is 26.2 Å². The Kier molecular flexibility index (Phi) is 7.53. The number of piperidine rings is 1. The van der Waals surface area contributed by atoms with Crippen LogP contribution in [0.1, 0.15) is 31.2 Å². The van der Waals surface area contributed by atoms with Crippen molar-refractivity contribution in [2.75, 3.05) is 13.1 Å². The highest BCUT2D eigenvalue weighted by Crippen LogP contribution is 2.26. The first-order valence-corrected chi connectivity index (χ1v) is 11.4. The zero-order valence-electron chi connectivity index (χ0n) is 16.7. The summed E-state index contributed by atoms with van der Waals surface area (Å²) in [6.45, 7) is 0.901. The predicted octanol–water partition coefficient (Wildman–Crippen LogP) is 1.45. The minimum absolute atomic E-state index is 0.206. The van der Waals surface area contributed by atoms with Crippen LogP contribution < -0.4 is 10.6 Å². The molecule has 9 heteroatoms. The molecule has 8 nitrogen and oxygen atoms in total. The van der Waals surface area contributed by atoms with Gasteiger partial charge in [-0.25, -0.2) is 8.42 Å². The van der Waals surface area contributed by atoms with Crippen LogP contribution in [0.3, 0.4) is 0 Å². The van der Waals surface area contributed by atoms with Crippen molar-refractivity contribution in [3.63, 3.8) is 0 Å². The third-order valence-corrected chi connectivity index (χ3v) is 7.03. The Balaban J connectivity index is 1.51. The van der Waals surface area contributed by atoms with E-state index in [2.05, 4.69) is 15.6 Å². The molecule has 160 valence electrons. The summed E-state index contributed by atoms with van der Waals surface area (Å²) >= 11 is 0. The molecule has 0 aliphatic carbocycles. The van der Waals surface area contributed by atoms with Gasteiger partial charge in [-0.05, 0) is 43.0 Å². The molecule has 2 amide bonds. The summed E-state index contributed by atoms with van der Waals surface area (Å²) in [6, 6.07) is 11.7. The molecule has 0 saturated carbocycles. The lowest BCUT2D eigenvalue weighted by atomic mass is 10.0. The Hall–Kier alpha value is -2.78. The fourth-order valence-corrected chi connectivity index (χ4v) is 5.25. The van der Waals surface area contributed by atoms with Crippen molar-refractivity contribution in [3.05, 3.63) is 60.4 Å². The van der Waals surface area contributed by atoms with Crippen molar-refractivity contribution in [1.29, 1.82) is 0 Å². The molecular weight excluding hydrogens is 404 g/mol. The van der Waals surface area contributed by atoms with Gasteiger partial charge in [-0.3, -0.25) is 14.6 Å². The predicted molar refractivity (Wildman–Crippen MR) is 112 cm³/mol. The zero-order chi connectivity index (χ0) is 21.4. The SMILES string of the molecule is O=C(NCC[C@@H]1CCCCN1S(=O)(=O)c1ccccc1)C(=O)NCc1cccnc1. The van der Waals surface area contributed by atoms with Gasteiger partial charge in [0.15, 0.2) is 0 Å². The minimum atomic E-state index is -3.58. The largest absolute Gasteiger partial charge is 0.348 e. The third kappa shape index (κ3) is 5.64. The van der Waals surface area contributed by atoms with Crippen LogP contribution >= 0.6 is 0 Å². The molecule has 1 aromatic heterocycles. The molecule has 1 aromatic carbocycles. The van der Waals surface area contributed by atoms with Gasteiger partial charge >= 0.3 is 11.8 Å². The van der Waals surface area contributed by atoms with E-state index < -0.39 is 21.8 Å². The molecule has 0 unspecified atom stereocenters. The van der Waals surface area contributed by atoms with Gasteiger partial charge in [0.05, 0.1) is 4.90 Å². The number of amides is 2. The number of benzene rings is 1. The third-order valence-electron chi connectivity index (χ3n) is 5.07. The summed E-state index contributed by atoms with van der Waals surface area (Å²) in [5.74, 6) is -1.46. The Morgan fingerprint density at radius 2 is 1.80 bits per heavy atom. The second-order valence-corrected chi connectivity index (χ2v) is 9.06. The molecule has 30 heavy (non-hydrogen) atoms. The molecule has 1 fully saturated rings. The van der Waals surface area contributed by atoms with Gasteiger partial charge in [0.1, 0.15) is 0 Å². The normalized spacial score (nSPS) is 17.3. The maximum absolute atomic E-state index is 13.0. The lowest BCUT2D eigenvalue weighted by molar-refractivity contribution is -0.139. The first-order chi connectivity index (χ1) is 14.5. The van der Waals surface area contributed by atoms with Crippen LogP contribution in [0, 0.1) is 0 Å². The first kappa shape index (κ1) is 21.9. The number of nitrogens with one attached hydrogen (secondary N) is 2. The summed E-state index contributed by atoms with van der Waals surface area (Å²) < 4.78 is 27.5. The van der Waals surface area contributed by atoms with E-state index in [0.717, 1.165) is 24.8 Å². The highest BCUT2D eigenvalue weighted by Gasteiger charge is 2.33. The van der Waals surface area contributed by atoms with Gasteiger partial charge in [0, 0.05) is 38.1 Å². The highest BCUT2D eigenvalue weighted by molar-refractivity contribution is 7.89. The molecule has 1 aliphatic heterocycles. The standard InChI is InChI=1S/C21H26N4O4S/c26-20(21(27)24-16-17-7-6-12-22-15-17)23-13-11-18-8-4-5-14-25(18)30(28,29)19-9-2-1-3-10-19/h1-3,6-7,9-10,12,15,18H,4-5,8,11,13-14,16H2,(H,23,26)(H,24,27)/t18-/m0/s1. The van der Waals surface area contributed by atoms with Gasteiger partial charge in [-0.1, -0.05) is 30.7 Å². The van der Waals surface area contributed by atoms with Crippen LogP contribution in [-0.4, -0.2) is 48.7 Å². The van der Waals surface area contributed by atoms with Crippen molar-refractivity contribution in [2.24, 2.45) is 0 Å². The number of carbonyl (C=O) groups excluding carboxylic acids is 2. The number of pyridine rings is 1. The van der Waals surface area contributed by atoms with Gasteiger partial charge in [-0.15, -0.1) is 0 Å². The molecule has 2 N–H and O–H groups in total. The molecule has 2 aromatic rings. The lowest BCUT2D eigenvalue weighted by Gasteiger charge is -2.34. The monoisotopic (exact) mass is 430 g/mol. The number of aromatic nitrogens is 1. The van der Waals surface area contributed by atoms with Crippen molar-refractivity contribution in [2.45, 2.75) is 43.2 Å². The van der Waals surface area contributed by atoms with E-state index in [1.54, 1.807) is 54.9 Å². The van der Waals surface area contributed by atoms with Gasteiger partial charge in [0.25, 0.3) is 0 Å². The first-order valence-electron chi connectivity index (χ1n) is 10.0. The average Bonchev–Trinajstić information content (AvgIpc) is 2.79. The maximum Gasteiger partial charge on any atom is 0.309 e. The topological polar surface area (TPSA) is 108 Å². The minimum Gasteiger partial charge on any atom is -0.348 e. The summed E-state index contributed by atoms with van der Waals surface area (Å²) in [7, 11) is -3.58. The van der Waals surface area contributed by atoms with Crippen LogP contribution in [0.2, 0.25) is 0 Å². The van der Waals surface area contributed by atoms with Gasteiger partial charge < -0.3 is 10.6 Å². The molecule has 0 radical (unpaired) electrons. The van der Waals surface area contributed by atoms with E-state index in [9.17, 15) is 18.0 Å². The molecule has 2 heterocycles. The van der Waals surface area contributed by atoms with E-state index in [0.29, 0.717) is 13.0 Å². The lowest BCUT2D eigenvalue weighted by Crippen LogP contribution is -2.46. The number of sulfonamides is 1. The summed E-state index contributed by atoms with van der Waals surface area (Å²) in [4.78, 5) is 28.2. The number of rotatable bonds is 7. The molecular formula is C21H26N4O4S. The molecule has 3 rings (SSSR count). The van der Waals surface area contributed by atoms with E-state index in [-0.39, 0.29) is 24.0 Å². The van der Waals surface area contributed by atoms with Gasteiger partial charge in [0.2, 0.25) is 10.0 Å². The summed E-state index contributed by atoms with van der Waals surface area (Å²) in [6.07, 6.45) is 6.17. The molecule has 1 aliphatic rings. The van der Waals surface area contributed by atoms with E-state index in [4.69, 9.17) is 0 Å². The Morgan fingerprint density at radius 1 is 1.03 bits per heavy atom. The highest BCUT2D eigenvalue weighted by atomic mass is 32.2. The molecule has 1 saturated heterocycles.